The maximum Gasteiger partial charge on any atom is 0.407 e. The van der Waals surface area contributed by atoms with E-state index in [-0.39, 0.29) is 13.2 Å². The second-order valence-electron chi connectivity index (χ2n) is 6.08. The number of aliphatic hydroxyl groups excluding tert-OH is 1. The minimum absolute atomic E-state index is 0.168. The number of carbonyl (C=O) groups is 2. The van der Waals surface area contributed by atoms with Gasteiger partial charge in [-0.1, -0.05) is 43.7 Å². The fraction of sp³-hybridized carbons (Fsp3) is 0.556. The highest BCUT2D eigenvalue weighted by Gasteiger charge is 2.16. The van der Waals surface area contributed by atoms with Gasteiger partial charge in [0.1, 0.15) is 18.8 Å². The topological polar surface area (TPSA) is 84.9 Å². The number of carbonyl (C=O) groups excluding carboxylic acids is 2. The Bertz CT molecular complexity index is 466. The van der Waals surface area contributed by atoms with E-state index in [1.165, 1.54) is 0 Å². The van der Waals surface area contributed by atoms with Gasteiger partial charge in [-0.2, -0.15) is 0 Å². The number of esters is 1. The summed E-state index contributed by atoms with van der Waals surface area (Å²) in [6, 6.07) is 9.29. The number of alkyl carbamates (subject to hydrolysis) is 1. The Kier molecular flexibility index (Phi) is 11.3. The standard InChI is InChI=1S/C14H19NO4.C4H10O/c1-14(2,3)19-12(16)9-15-13(17)18-10-11-7-5-4-6-8-11;1-2-3-4-5/h4-8H,9-10H2,1-3H3,(H,15,17);5H,2-4H2,1H3. The molecule has 0 aliphatic heterocycles. The number of aliphatic hydroxyl groups is 1. The van der Waals surface area contributed by atoms with E-state index >= 15 is 0 Å². The Morgan fingerprint density at radius 1 is 1.17 bits per heavy atom. The van der Waals surface area contributed by atoms with Crippen molar-refractivity contribution in [1.82, 2.24) is 5.32 Å². The van der Waals surface area contributed by atoms with Gasteiger partial charge in [-0.15, -0.1) is 0 Å². The minimum atomic E-state index is -0.644. The average Bonchev–Trinajstić information content (AvgIpc) is 2.52. The molecule has 2 N–H and O–H groups in total. The highest BCUT2D eigenvalue weighted by atomic mass is 16.6. The molecule has 1 aromatic carbocycles. The molecule has 1 rings (SSSR count). The van der Waals surface area contributed by atoms with Gasteiger partial charge in [0.05, 0.1) is 0 Å². The monoisotopic (exact) mass is 339 g/mol. The van der Waals surface area contributed by atoms with Crippen molar-refractivity contribution in [2.75, 3.05) is 13.2 Å². The molecule has 0 unspecified atom stereocenters. The summed E-state index contributed by atoms with van der Waals surface area (Å²) in [4.78, 5) is 22.7. The van der Waals surface area contributed by atoms with Crippen molar-refractivity contribution < 1.29 is 24.2 Å². The van der Waals surface area contributed by atoms with Crippen molar-refractivity contribution in [3.63, 3.8) is 0 Å². The fourth-order valence-corrected chi connectivity index (χ4v) is 1.45. The lowest BCUT2D eigenvalue weighted by Crippen LogP contribution is -2.34. The molecule has 1 aromatic rings. The molecule has 0 aliphatic rings. The molecule has 136 valence electrons. The van der Waals surface area contributed by atoms with Crippen LogP contribution in [0.5, 0.6) is 0 Å². The van der Waals surface area contributed by atoms with Crippen LogP contribution in [-0.4, -0.2) is 35.9 Å². The van der Waals surface area contributed by atoms with E-state index in [9.17, 15) is 9.59 Å². The van der Waals surface area contributed by atoms with Crippen LogP contribution in [0.4, 0.5) is 4.79 Å². The molecular weight excluding hydrogens is 310 g/mol. The molecule has 6 nitrogen and oxygen atoms in total. The van der Waals surface area contributed by atoms with Crippen molar-refractivity contribution in [3.05, 3.63) is 35.9 Å². The van der Waals surface area contributed by atoms with E-state index in [0.29, 0.717) is 6.61 Å². The van der Waals surface area contributed by atoms with Gasteiger partial charge in [-0.25, -0.2) is 4.79 Å². The van der Waals surface area contributed by atoms with Crippen LogP contribution in [0.3, 0.4) is 0 Å². The molecule has 0 aliphatic carbocycles. The van der Waals surface area contributed by atoms with E-state index in [4.69, 9.17) is 14.6 Å². The maximum absolute atomic E-state index is 11.3. The van der Waals surface area contributed by atoms with Crippen molar-refractivity contribution in [1.29, 1.82) is 0 Å². The number of rotatable bonds is 6. The predicted molar refractivity (Wildman–Crippen MR) is 92.5 cm³/mol. The van der Waals surface area contributed by atoms with Crippen LogP contribution in [0.2, 0.25) is 0 Å². The molecule has 0 radical (unpaired) electrons. The van der Waals surface area contributed by atoms with Crippen LogP contribution in [0, 0.1) is 0 Å². The molecular formula is C18H29NO5. The third-order valence-electron chi connectivity index (χ3n) is 2.52. The van der Waals surface area contributed by atoms with Crippen LogP contribution >= 0.6 is 0 Å². The Morgan fingerprint density at radius 2 is 1.79 bits per heavy atom. The van der Waals surface area contributed by atoms with Gasteiger partial charge in [0, 0.05) is 6.61 Å². The number of amides is 1. The lowest BCUT2D eigenvalue weighted by atomic mass is 10.2. The van der Waals surface area contributed by atoms with Gasteiger partial charge >= 0.3 is 12.1 Å². The molecule has 0 spiro atoms. The van der Waals surface area contributed by atoms with Crippen LogP contribution in [-0.2, 0) is 20.9 Å². The fourth-order valence-electron chi connectivity index (χ4n) is 1.45. The highest BCUT2D eigenvalue weighted by molar-refractivity contribution is 5.78. The third kappa shape index (κ3) is 13.6. The van der Waals surface area contributed by atoms with Gasteiger partial charge in [0.2, 0.25) is 0 Å². The summed E-state index contributed by atoms with van der Waals surface area (Å²) in [7, 11) is 0. The summed E-state index contributed by atoms with van der Waals surface area (Å²) >= 11 is 0. The van der Waals surface area contributed by atoms with Crippen molar-refractivity contribution in [2.45, 2.75) is 52.7 Å². The summed E-state index contributed by atoms with van der Waals surface area (Å²) in [5.74, 6) is -0.496. The highest BCUT2D eigenvalue weighted by Crippen LogP contribution is 2.06. The van der Waals surface area contributed by atoms with E-state index < -0.39 is 17.7 Å². The SMILES string of the molecule is CC(C)(C)OC(=O)CNC(=O)OCc1ccccc1.CCCCO. The van der Waals surface area contributed by atoms with E-state index in [1.807, 2.05) is 30.3 Å². The first-order chi connectivity index (χ1) is 11.3. The van der Waals surface area contributed by atoms with Crippen molar-refractivity contribution in [2.24, 2.45) is 0 Å². The van der Waals surface area contributed by atoms with Gasteiger partial charge in [-0.3, -0.25) is 4.79 Å². The zero-order chi connectivity index (χ0) is 18.4. The largest absolute Gasteiger partial charge is 0.459 e. The number of benzene rings is 1. The lowest BCUT2D eigenvalue weighted by molar-refractivity contribution is -0.153. The first-order valence-electron chi connectivity index (χ1n) is 8.05. The van der Waals surface area contributed by atoms with Gasteiger partial charge in [0.25, 0.3) is 0 Å². The Morgan fingerprint density at radius 3 is 2.25 bits per heavy atom. The van der Waals surface area contributed by atoms with Crippen molar-refractivity contribution in [3.8, 4) is 0 Å². The summed E-state index contributed by atoms with van der Waals surface area (Å²) in [5.41, 5.74) is 0.321. The molecule has 0 saturated carbocycles. The zero-order valence-electron chi connectivity index (χ0n) is 15.0. The second-order valence-corrected chi connectivity index (χ2v) is 6.08. The molecule has 0 heterocycles. The number of hydrogen-bond donors (Lipinski definition) is 2. The first kappa shape index (κ1) is 21.9. The molecule has 0 atom stereocenters. The third-order valence-corrected chi connectivity index (χ3v) is 2.52. The predicted octanol–water partition coefficient (Wildman–Crippen LogP) is 3.03. The van der Waals surface area contributed by atoms with Crippen LogP contribution in [0.15, 0.2) is 30.3 Å². The van der Waals surface area contributed by atoms with Crippen LogP contribution < -0.4 is 5.32 Å². The molecule has 0 saturated heterocycles. The Labute approximate surface area is 144 Å². The minimum Gasteiger partial charge on any atom is -0.459 e. The van der Waals surface area contributed by atoms with Gasteiger partial charge in [-0.05, 0) is 32.8 Å². The Balaban J connectivity index is 0.000000922. The van der Waals surface area contributed by atoms with E-state index in [2.05, 4.69) is 12.2 Å². The molecule has 0 fully saturated rings. The molecule has 1 amide bonds. The van der Waals surface area contributed by atoms with E-state index in [0.717, 1.165) is 18.4 Å². The maximum atomic E-state index is 11.3. The number of nitrogens with one attached hydrogen (secondary N) is 1. The quantitative estimate of drug-likeness (QED) is 0.778. The Hall–Kier alpha value is -2.08. The van der Waals surface area contributed by atoms with E-state index in [1.54, 1.807) is 20.8 Å². The molecule has 6 heteroatoms. The average molecular weight is 339 g/mol. The van der Waals surface area contributed by atoms with Crippen LogP contribution in [0.25, 0.3) is 0 Å². The normalized spacial score (nSPS) is 10.2. The molecule has 0 aromatic heterocycles. The molecule has 24 heavy (non-hydrogen) atoms. The number of unbranched alkanes of at least 4 members (excludes halogenated alkanes) is 1. The van der Waals surface area contributed by atoms with Gasteiger partial charge in [0.15, 0.2) is 0 Å². The number of hydrogen-bond acceptors (Lipinski definition) is 5. The molecule has 0 bridgehead atoms. The summed E-state index contributed by atoms with van der Waals surface area (Å²) in [6.07, 6.45) is 1.39. The summed E-state index contributed by atoms with van der Waals surface area (Å²) in [5, 5.41) is 10.4. The first-order valence-corrected chi connectivity index (χ1v) is 8.05. The van der Waals surface area contributed by atoms with Crippen molar-refractivity contribution >= 4 is 12.1 Å². The zero-order valence-corrected chi connectivity index (χ0v) is 15.0. The lowest BCUT2D eigenvalue weighted by Gasteiger charge is -2.19. The smallest absolute Gasteiger partial charge is 0.407 e. The summed E-state index contributed by atoms with van der Waals surface area (Å²) < 4.78 is 9.99. The number of ether oxygens (including phenoxy) is 2. The summed E-state index contributed by atoms with van der Waals surface area (Å²) in [6.45, 7) is 7.65. The van der Waals surface area contributed by atoms with Gasteiger partial charge < -0.3 is 19.9 Å². The second kappa shape index (κ2) is 12.4. The van der Waals surface area contributed by atoms with Crippen LogP contribution in [0.1, 0.15) is 46.1 Å².